The van der Waals surface area contributed by atoms with Crippen LogP contribution in [-0.4, -0.2) is 22.6 Å². The first-order chi connectivity index (χ1) is 13.2. The van der Waals surface area contributed by atoms with E-state index in [4.69, 9.17) is 5.73 Å². The summed E-state index contributed by atoms with van der Waals surface area (Å²) in [7, 11) is 0. The zero-order chi connectivity index (χ0) is 18.6. The molecule has 2 aromatic carbocycles. The minimum absolute atomic E-state index is 0.448. The molecule has 1 aliphatic rings. The largest absolute Gasteiger partial charge is 0.368 e. The van der Waals surface area contributed by atoms with Gasteiger partial charge in [0.25, 0.3) is 0 Å². The highest BCUT2D eigenvalue weighted by atomic mass is 16.1. The van der Waals surface area contributed by atoms with Crippen LogP contribution in [0, 0.1) is 0 Å². The lowest BCUT2D eigenvalue weighted by Crippen LogP contribution is -2.18. The van der Waals surface area contributed by atoms with E-state index in [1.807, 2.05) is 18.2 Å². The summed E-state index contributed by atoms with van der Waals surface area (Å²) < 4.78 is 0. The Morgan fingerprint density at radius 1 is 1.07 bits per heavy atom. The number of fused-ring (bicyclic) bond motifs is 1. The van der Waals surface area contributed by atoms with Gasteiger partial charge in [-0.3, -0.25) is 4.79 Å². The maximum absolute atomic E-state index is 11.3. The molecule has 1 aromatic heterocycles. The minimum Gasteiger partial charge on any atom is -0.368 e. The van der Waals surface area contributed by atoms with Crippen molar-refractivity contribution in [1.29, 1.82) is 0 Å². The summed E-state index contributed by atoms with van der Waals surface area (Å²) in [5.74, 6) is 0.812. The number of benzene rings is 2. The Morgan fingerprint density at radius 2 is 1.96 bits per heavy atom. The van der Waals surface area contributed by atoms with Crippen LogP contribution in [0.15, 0.2) is 60.7 Å². The molecule has 5 heteroatoms. The van der Waals surface area contributed by atoms with Crippen LogP contribution in [0.4, 0.5) is 5.82 Å². The smallest absolute Gasteiger partial charge is 0.248 e. The monoisotopic (exact) mass is 358 g/mol. The van der Waals surface area contributed by atoms with Gasteiger partial charge in [0.15, 0.2) is 0 Å². The molecule has 0 spiro atoms. The van der Waals surface area contributed by atoms with Crippen molar-refractivity contribution in [1.82, 2.24) is 10.2 Å². The zero-order valence-corrected chi connectivity index (χ0v) is 15.1. The highest BCUT2D eigenvalue weighted by Gasteiger charge is 2.19. The molecule has 1 unspecified atom stereocenters. The third kappa shape index (κ3) is 3.82. The number of hydrogen-bond donors (Lipinski definition) is 2. The first kappa shape index (κ1) is 17.2. The number of nitrogens with zero attached hydrogens (tertiary/aromatic N) is 2. The number of rotatable bonds is 5. The Labute approximate surface area is 158 Å². The Balaban J connectivity index is 1.45. The summed E-state index contributed by atoms with van der Waals surface area (Å²) in [6, 6.07) is 19.6. The summed E-state index contributed by atoms with van der Waals surface area (Å²) in [4.78, 5) is 11.3. The second kappa shape index (κ2) is 7.58. The number of aryl methyl sites for hydroxylation is 1. The number of nitrogens with two attached hydrogens (primary N) is 1. The highest BCUT2D eigenvalue weighted by Crippen LogP contribution is 2.31. The van der Waals surface area contributed by atoms with Gasteiger partial charge in [-0.15, -0.1) is 10.2 Å². The van der Waals surface area contributed by atoms with Crippen molar-refractivity contribution in [3.05, 3.63) is 77.4 Å². The van der Waals surface area contributed by atoms with Gasteiger partial charge < -0.3 is 11.1 Å². The van der Waals surface area contributed by atoms with Gasteiger partial charge in [-0.2, -0.15) is 0 Å². The fraction of sp³-hybridized carbons (Fsp3) is 0.227. The number of nitrogens with one attached hydrogen (secondary N) is 1. The molecule has 1 heterocycles. The zero-order valence-electron chi connectivity index (χ0n) is 15.1. The number of anilines is 1. The molecular weight excluding hydrogens is 336 g/mol. The van der Waals surface area contributed by atoms with E-state index in [-0.39, 0.29) is 0 Å². The second-order valence-electron chi connectivity index (χ2n) is 6.92. The summed E-state index contributed by atoms with van der Waals surface area (Å²) in [6.45, 7) is 0.849. The lowest BCUT2D eigenvalue weighted by atomic mass is 9.83. The van der Waals surface area contributed by atoms with Crippen LogP contribution in [0.2, 0.25) is 0 Å². The van der Waals surface area contributed by atoms with Gasteiger partial charge in [0, 0.05) is 23.6 Å². The fourth-order valence-electron chi connectivity index (χ4n) is 3.71. The Morgan fingerprint density at radius 3 is 2.78 bits per heavy atom. The van der Waals surface area contributed by atoms with Gasteiger partial charge in [0.2, 0.25) is 5.91 Å². The van der Waals surface area contributed by atoms with E-state index >= 15 is 0 Å². The number of carbonyl (C=O) groups excluding carboxylic acids is 1. The average Bonchev–Trinajstić information content (AvgIpc) is 2.72. The molecule has 5 nitrogen and oxygen atoms in total. The van der Waals surface area contributed by atoms with Crippen molar-refractivity contribution in [2.45, 2.75) is 25.2 Å². The SMILES string of the molecule is NC(=O)c1cccc(-c2ccc(NCC3CCCc4ccccc43)nn2)c1. The van der Waals surface area contributed by atoms with Crippen LogP contribution in [0.1, 0.15) is 40.2 Å². The number of hydrogen-bond acceptors (Lipinski definition) is 4. The summed E-state index contributed by atoms with van der Waals surface area (Å²) in [5, 5.41) is 12.0. The van der Waals surface area contributed by atoms with E-state index in [0.717, 1.165) is 17.9 Å². The van der Waals surface area contributed by atoms with Crippen molar-refractivity contribution >= 4 is 11.7 Å². The summed E-state index contributed by atoms with van der Waals surface area (Å²) in [5.41, 5.74) is 10.3. The van der Waals surface area contributed by atoms with Gasteiger partial charge in [0.1, 0.15) is 5.82 Å². The van der Waals surface area contributed by atoms with Crippen LogP contribution in [-0.2, 0) is 6.42 Å². The standard InChI is InChI=1S/C22H22N4O/c23-22(27)17-8-4-7-16(13-17)20-11-12-21(26-25-20)24-14-18-9-3-6-15-5-1-2-10-19(15)18/h1-2,4-5,7-8,10-13,18H,3,6,9,14H2,(H2,23,27)(H,24,26). The van der Waals surface area contributed by atoms with Crippen molar-refractivity contribution in [2.24, 2.45) is 5.73 Å². The average molecular weight is 358 g/mol. The van der Waals surface area contributed by atoms with Crippen LogP contribution in [0.5, 0.6) is 0 Å². The molecule has 0 aliphatic heterocycles. The lowest BCUT2D eigenvalue weighted by molar-refractivity contribution is 0.100. The van der Waals surface area contributed by atoms with Crippen LogP contribution < -0.4 is 11.1 Å². The van der Waals surface area contributed by atoms with E-state index in [1.54, 1.807) is 18.2 Å². The molecule has 27 heavy (non-hydrogen) atoms. The molecule has 0 saturated heterocycles. The summed E-state index contributed by atoms with van der Waals surface area (Å²) >= 11 is 0. The third-order valence-electron chi connectivity index (χ3n) is 5.13. The Bertz CT molecular complexity index is 953. The first-order valence-corrected chi connectivity index (χ1v) is 9.26. The second-order valence-corrected chi connectivity index (χ2v) is 6.92. The normalized spacial score (nSPS) is 15.8. The molecular formula is C22H22N4O. The Hall–Kier alpha value is -3.21. The van der Waals surface area contributed by atoms with Gasteiger partial charge in [0.05, 0.1) is 5.69 Å². The molecule has 0 bridgehead atoms. The molecule has 0 fully saturated rings. The molecule has 4 rings (SSSR count). The first-order valence-electron chi connectivity index (χ1n) is 9.26. The number of amides is 1. The Kier molecular flexibility index (Phi) is 4.83. The molecule has 3 aromatic rings. The van der Waals surface area contributed by atoms with Gasteiger partial charge >= 0.3 is 0 Å². The number of aromatic nitrogens is 2. The molecule has 1 aliphatic carbocycles. The minimum atomic E-state index is -0.448. The maximum atomic E-state index is 11.3. The fourth-order valence-corrected chi connectivity index (χ4v) is 3.71. The van der Waals surface area contributed by atoms with Gasteiger partial charge in [-0.1, -0.05) is 36.4 Å². The number of carbonyl (C=O) groups is 1. The predicted molar refractivity (Wildman–Crippen MR) is 107 cm³/mol. The molecule has 1 amide bonds. The van der Waals surface area contributed by atoms with Gasteiger partial charge in [-0.05, 0) is 54.7 Å². The quantitative estimate of drug-likeness (QED) is 0.727. The molecule has 3 N–H and O–H groups in total. The van der Waals surface area contributed by atoms with Crippen molar-refractivity contribution in [2.75, 3.05) is 11.9 Å². The van der Waals surface area contributed by atoms with Crippen molar-refractivity contribution in [3.63, 3.8) is 0 Å². The lowest BCUT2D eigenvalue weighted by Gasteiger charge is -2.25. The molecule has 136 valence electrons. The van der Waals surface area contributed by atoms with Crippen LogP contribution in [0.3, 0.4) is 0 Å². The molecule has 1 atom stereocenters. The van der Waals surface area contributed by atoms with E-state index in [9.17, 15) is 4.79 Å². The van der Waals surface area contributed by atoms with E-state index in [0.29, 0.717) is 17.2 Å². The third-order valence-corrected chi connectivity index (χ3v) is 5.13. The summed E-state index contributed by atoms with van der Waals surface area (Å²) in [6.07, 6.45) is 3.59. The maximum Gasteiger partial charge on any atom is 0.248 e. The number of primary amides is 1. The van der Waals surface area contributed by atoms with Crippen LogP contribution >= 0.6 is 0 Å². The van der Waals surface area contributed by atoms with E-state index < -0.39 is 5.91 Å². The van der Waals surface area contributed by atoms with E-state index in [2.05, 4.69) is 39.8 Å². The topological polar surface area (TPSA) is 80.9 Å². The van der Waals surface area contributed by atoms with Crippen LogP contribution in [0.25, 0.3) is 11.3 Å². The van der Waals surface area contributed by atoms with E-state index in [1.165, 1.54) is 30.4 Å². The molecule has 0 saturated carbocycles. The van der Waals surface area contributed by atoms with Gasteiger partial charge in [-0.25, -0.2) is 0 Å². The highest BCUT2D eigenvalue weighted by molar-refractivity contribution is 5.93. The molecule has 0 radical (unpaired) electrons. The predicted octanol–water partition coefficient (Wildman–Crippen LogP) is 3.77. The van der Waals surface area contributed by atoms with Crippen molar-refractivity contribution in [3.8, 4) is 11.3 Å². The van der Waals surface area contributed by atoms with Crippen molar-refractivity contribution < 1.29 is 4.79 Å².